The fraction of sp³-hybridized carbons (Fsp3) is 0.800. The van der Waals surface area contributed by atoms with Crippen molar-refractivity contribution in [3.63, 3.8) is 0 Å². The molecule has 0 aromatic rings. The van der Waals surface area contributed by atoms with E-state index in [1.165, 1.54) is 38.8 Å². The Kier molecular flexibility index (Phi) is 3.19. The van der Waals surface area contributed by atoms with Crippen LogP contribution in [0.2, 0.25) is 0 Å². The number of hydrogen-bond donors (Lipinski definition) is 0. The minimum absolute atomic E-state index is 0. The summed E-state index contributed by atoms with van der Waals surface area (Å²) in [6.07, 6.45) is 7.92. The van der Waals surface area contributed by atoms with Crippen molar-refractivity contribution >= 4 is 12.4 Å². The molecule has 1 aliphatic heterocycles. The second-order valence-corrected chi connectivity index (χ2v) is 4.13. The van der Waals surface area contributed by atoms with Crippen LogP contribution in [0.5, 0.6) is 0 Å². The SMILES string of the molecule is C=CCN1CCC2(CCC2)C1.Cl. The van der Waals surface area contributed by atoms with E-state index in [1.54, 1.807) is 0 Å². The zero-order chi connectivity index (χ0) is 7.73. The lowest BCUT2D eigenvalue weighted by Crippen LogP contribution is -2.33. The minimum Gasteiger partial charge on any atom is -0.299 e. The molecule has 70 valence electrons. The number of nitrogens with zero attached hydrogens (tertiary/aromatic N) is 1. The third kappa shape index (κ3) is 1.67. The van der Waals surface area contributed by atoms with Crippen molar-refractivity contribution < 1.29 is 0 Å². The summed E-state index contributed by atoms with van der Waals surface area (Å²) in [6, 6.07) is 0. The zero-order valence-electron chi connectivity index (χ0n) is 7.59. The molecule has 2 rings (SSSR count). The highest BCUT2D eigenvalue weighted by Crippen LogP contribution is 2.47. The third-order valence-corrected chi connectivity index (χ3v) is 3.32. The topological polar surface area (TPSA) is 3.24 Å². The summed E-state index contributed by atoms with van der Waals surface area (Å²) in [4.78, 5) is 2.53. The first-order valence-corrected chi connectivity index (χ1v) is 4.68. The van der Waals surface area contributed by atoms with Gasteiger partial charge in [0.25, 0.3) is 0 Å². The van der Waals surface area contributed by atoms with E-state index in [1.807, 2.05) is 6.08 Å². The minimum atomic E-state index is 0. The number of likely N-dealkylation sites (tertiary alicyclic amines) is 1. The molecule has 0 aromatic carbocycles. The molecule has 1 heterocycles. The van der Waals surface area contributed by atoms with Gasteiger partial charge >= 0.3 is 0 Å². The summed E-state index contributed by atoms with van der Waals surface area (Å²) >= 11 is 0. The van der Waals surface area contributed by atoms with Crippen molar-refractivity contribution in [3.05, 3.63) is 12.7 Å². The summed E-state index contributed by atoms with van der Waals surface area (Å²) in [7, 11) is 0. The van der Waals surface area contributed by atoms with Gasteiger partial charge in [-0.1, -0.05) is 12.5 Å². The molecular weight excluding hydrogens is 170 g/mol. The fourth-order valence-corrected chi connectivity index (χ4v) is 2.45. The van der Waals surface area contributed by atoms with E-state index in [4.69, 9.17) is 0 Å². The molecule has 2 fully saturated rings. The zero-order valence-corrected chi connectivity index (χ0v) is 8.41. The van der Waals surface area contributed by atoms with Crippen molar-refractivity contribution in [1.82, 2.24) is 4.90 Å². The predicted molar refractivity (Wildman–Crippen MR) is 54.8 cm³/mol. The van der Waals surface area contributed by atoms with Crippen LogP contribution in [0.3, 0.4) is 0 Å². The van der Waals surface area contributed by atoms with E-state index in [0.29, 0.717) is 0 Å². The Labute approximate surface area is 81.2 Å². The summed E-state index contributed by atoms with van der Waals surface area (Å²) in [5, 5.41) is 0. The lowest BCUT2D eigenvalue weighted by atomic mass is 9.68. The van der Waals surface area contributed by atoms with E-state index >= 15 is 0 Å². The van der Waals surface area contributed by atoms with Gasteiger partial charge in [-0.25, -0.2) is 0 Å². The average molecular weight is 188 g/mol. The maximum absolute atomic E-state index is 3.77. The highest BCUT2D eigenvalue weighted by molar-refractivity contribution is 5.85. The van der Waals surface area contributed by atoms with Gasteiger partial charge in [0.15, 0.2) is 0 Å². The van der Waals surface area contributed by atoms with E-state index in [0.717, 1.165) is 12.0 Å². The van der Waals surface area contributed by atoms with Gasteiger partial charge in [0, 0.05) is 13.1 Å². The molecule has 0 bridgehead atoms. The maximum Gasteiger partial charge on any atom is 0.0160 e. The van der Waals surface area contributed by atoms with Crippen molar-refractivity contribution in [3.8, 4) is 0 Å². The number of halogens is 1. The molecule has 0 amide bonds. The Balaban J connectivity index is 0.000000720. The van der Waals surface area contributed by atoms with Crippen LogP contribution >= 0.6 is 12.4 Å². The van der Waals surface area contributed by atoms with Crippen LogP contribution in [0.1, 0.15) is 25.7 Å². The molecule has 2 aliphatic rings. The largest absolute Gasteiger partial charge is 0.299 e. The summed E-state index contributed by atoms with van der Waals surface area (Å²) in [6.45, 7) is 7.53. The summed E-state index contributed by atoms with van der Waals surface area (Å²) in [5.41, 5.74) is 0.767. The molecule has 0 radical (unpaired) electrons. The Hall–Kier alpha value is -0.0100. The Morgan fingerprint density at radius 3 is 2.50 bits per heavy atom. The first-order valence-electron chi connectivity index (χ1n) is 4.68. The van der Waals surface area contributed by atoms with Gasteiger partial charge in [-0.05, 0) is 31.2 Å². The van der Waals surface area contributed by atoms with Crippen molar-refractivity contribution in [2.45, 2.75) is 25.7 Å². The number of hydrogen-bond acceptors (Lipinski definition) is 1. The number of rotatable bonds is 2. The molecule has 1 aliphatic carbocycles. The average Bonchev–Trinajstić information content (AvgIpc) is 2.32. The van der Waals surface area contributed by atoms with Crippen LogP contribution in [-0.2, 0) is 0 Å². The monoisotopic (exact) mass is 187 g/mol. The Morgan fingerprint density at radius 2 is 2.08 bits per heavy atom. The first kappa shape index (κ1) is 10.1. The highest BCUT2D eigenvalue weighted by Gasteiger charge is 2.41. The van der Waals surface area contributed by atoms with Crippen molar-refractivity contribution in [1.29, 1.82) is 0 Å². The molecule has 1 spiro atoms. The van der Waals surface area contributed by atoms with E-state index in [-0.39, 0.29) is 12.4 Å². The second-order valence-electron chi connectivity index (χ2n) is 4.13. The maximum atomic E-state index is 3.77. The van der Waals surface area contributed by atoms with Gasteiger partial charge in [0.05, 0.1) is 0 Å². The molecule has 1 saturated heterocycles. The van der Waals surface area contributed by atoms with Crippen LogP contribution in [-0.4, -0.2) is 24.5 Å². The van der Waals surface area contributed by atoms with Crippen LogP contribution in [0.25, 0.3) is 0 Å². The molecular formula is C10H18ClN. The van der Waals surface area contributed by atoms with Crippen LogP contribution in [0, 0.1) is 5.41 Å². The standard InChI is InChI=1S/C10H17N.ClH/c1-2-7-11-8-6-10(9-11)4-3-5-10;/h2H,1,3-9H2;1H. The highest BCUT2D eigenvalue weighted by atomic mass is 35.5. The van der Waals surface area contributed by atoms with Crippen LogP contribution in [0.15, 0.2) is 12.7 Å². The Bertz CT molecular complexity index is 163. The molecule has 2 heteroatoms. The normalized spacial score (nSPS) is 26.3. The fourth-order valence-electron chi connectivity index (χ4n) is 2.45. The first-order chi connectivity index (χ1) is 5.35. The molecule has 0 unspecified atom stereocenters. The van der Waals surface area contributed by atoms with E-state index in [2.05, 4.69) is 11.5 Å². The third-order valence-electron chi connectivity index (χ3n) is 3.32. The molecule has 1 saturated carbocycles. The summed E-state index contributed by atoms with van der Waals surface area (Å²) in [5.74, 6) is 0. The lowest BCUT2D eigenvalue weighted by molar-refractivity contribution is 0.142. The van der Waals surface area contributed by atoms with Gasteiger partial charge in [-0.3, -0.25) is 4.90 Å². The quantitative estimate of drug-likeness (QED) is 0.601. The van der Waals surface area contributed by atoms with Crippen LogP contribution < -0.4 is 0 Å². The van der Waals surface area contributed by atoms with Gasteiger partial charge in [-0.2, -0.15) is 0 Å². The predicted octanol–water partition coefficient (Wildman–Crippen LogP) is 2.47. The van der Waals surface area contributed by atoms with Crippen molar-refractivity contribution in [2.75, 3.05) is 19.6 Å². The smallest absolute Gasteiger partial charge is 0.0160 e. The van der Waals surface area contributed by atoms with Gasteiger partial charge in [0.2, 0.25) is 0 Å². The lowest BCUT2D eigenvalue weighted by Gasteiger charge is -2.38. The molecule has 0 aromatic heterocycles. The summed E-state index contributed by atoms with van der Waals surface area (Å²) < 4.78 is 0. The van der Waals surface area contributed by atoms with Crippen molar-refractivity contribution in [2.24, 2.45) is 5.41 Å². The molecule has 0 atom stereocenters. The van der Waals surface area contributed by atoms with E-state index < -0.39 is 0 Å². The van der Waals surface area contributed by atoms with Crippen LogP contribution in [0.4, 0.5) is 0 Å². The second kappa shape index (κ2) is 3.80. The molecule has 1 nitrogen and oxygen atoms in total. The Morgan fingerprint density at radius 1 is 1.33 bits per heavy atom. The van der Waals surface area contributed by atoms with Gasteiger partial charge in [-0.15, -0.1) is 19.0 Å². The molecule has 0 N–H and O–H groups in total. The molecule has 12 heavy (non-hydrogen) atoms. The van der Waals surface area contributed by atoms with Gasteiger partial charge in [0.1, 0.15) is 0 Å². The van der Waals surface area contributed by atoms with E-state index in [9.17, 15) is 0 Å². The van der Waals surface area contributed by atoms with Gasteiger partial charge < -0.3 is 0 Å².